The van der Waals surface area contributed by atoms with Gasteiger partial charge in [-0.3, -0.25) is 9.97 Å². The van der Waals surface area contributed by atoms with Crippen LogP contribution in [0.1, 0.15) is 65.4 Å². The van der Waals surface area contributed by atoms with Gasteiger partial charge in [-0.1, -0.05) is 78.2 Å². The third kappa shape index (κ3) is 8.64. The van der Waals surface area contributed by atoms with E-state index in [2.05, 4.69) is 168 Å². The third-order valence-corrected chi connectivity index (χ3v) is 11.8. The van der Waals surface area contributed by atoms with Gasteiger partial charge in [0.1, 0.15) is 0 Å². The zero-order valence-electron chi connectivity index (χ0n) is 37.4. The fraction of sp³-hybridized carbons (Fsp3) is 0.269. The summed E-state index contributed by atoms with van der Waals surface area (Å²) in [7, 11) is 4.41. The van der Waals surface area contributed by atoms with Crippen LogP contribution in [-0.4, -0.2) is 41.0 Å². The number of anilines is 2. The summed E-state index contributed by atoms with van der Waals surface area (Å²) in [5.74, 6) is 0. The molecule has 3 aromatic carbocycles. The van der Waals surface area contributed by atoms with E-state index in [0.717, 1.165) is 56.7 Å². The average molecular weight is 982 g/mol. The summed E-state index contributed by atoms with van der Waals surface area (Å²) < 4.78 is 6.08. The molecule has 0 atom stereocenters. The number of pyridine rings is 4. The van der Waals surface area contributed by atoms with E-state index >= 15 is 0 Å². The molecule has 1 aliphatic rings. The van der Waals surface area contributed by atoms with Crippen molar-refractivity contribution < 1.29 is 24.5 Å². The summed E-state index contributed by atoms with van der Waals surface area (Å²) >= 11 is 0. The van der Waals surface area contributed by atoms with E-state index in [-0.39, 0.29) is 32.5 Å². The molecule has 8 aromatic rings. The molecule has 6 heterocycles. The molecule has 9 heteroatoms. The molecule has 7 nitrogen and oxygen atoms in total. The summed E-state index contributed by atoms with van der Waals surface area (Å²) in [6.45, 7) is 21.8. The Morgan fingerprint density at radius 1 is 0.656 bits per heavy atom. The van der Waals surface area contributed by atoms with E-state index in [1.165, 1.54) is 61.3 Å². The largest absolute Gasteiger partial charge is 0.486 e. The maximum atomic E-state index is 6.08. The van der Waals surface area contributed by atoms with Crippen molar-refractivity contribution in [2.45, 2.75) is 75.7 Å². The Balaban J connectivity index is 0.000000191. The topological polar surface area (TPSA) is 71.2 Å². The zero-order valence-corrected chi connectivity index (χ0v) is 39.8. The second-order valence-electron chi connectivity index (χ2n) is 17.9. The number of furan rings is 1. The minimum atomic E-state index is 0. The van der Waals surface area contributed by atoms with E-state index in [1.807, 2.05) is 43.7 Å². The van der Waals surface area contributed by atoms with E-state index in [0.29, 0.717) is 5.71 Å². The first-order valence-corrected chi connectivity index (χ1v) is 20.8. The number of hydrogen-bond donors (Lipinski definition) is 0. The van der Waals surface area contributed by atoms with Gasteiger partial charge in [0.2, 0.25) is 5.71 Å². The first kappa shape index (κ1) is 43.5. The van der Waals surface area contributed by atoms with Crippen LogP contribution in [0.3, 0.4) is 0 Å². The quantitative estimate of drug-likeness (QED) is 0.126. The van der Waals surface area contributed by atoms with Crippen LogP contribution >= 0.6 is 0 Å². The Morgan fingerprint density at radius 2 is 1.34 bits per heavy atom. The summed E-state index contributed by atoms with van der Waals surface area (Å²) in [4.78, 5) is 23.2. The Morgan fingerprint density at radius 3 is 2.05 bits per heavy atom. The van der Waals surface area contributed by atoms with Gasteiger partial charge >= 0.3 is 6.98 Å². The van der Waals surface area contributed by atoms with Crippen LogP contribution in [0, 0.1) is 59.9 Å². The molecule has 0 unspecified atom stereocenters. The van der Waals surface area contributed by atoms with E-state index < -0.39 is 0 Å². The summed E-state index contributed by atoms with van der Waals surface area (Å²) in [5.41, 5.74) is 21.4. The van der Waals surface area contributed by atoms with Crippen molar-refractivity contribution in [3.05, 3.63) is 148 Å². The SMILES string of the molecule is Cc1cc(C)c(B2N(C)c3ccc(-c4cc(-c5cc(C)c(C)cn5)ncc4C)cc3N2C)c(C)c1.Cc1ccc2c(n1)oc1c(-c3cc(CC(C)(C)C)ccn3)[c-]ccc12.[Ir]. The van der Waals surface area contributed by atoms with Crippen LogP contribution in [0.5, 0.6) is 0 Å². The van der Waals surface area contributed by atoms with Crippen LogP contribution in [0.4, 0.5) is 11.4 Å². The first-order chi connectivity index (χ1) is 28.6. The molecule has 0 saturated heterocycles. The molecule has 0 saturated carbocycles. The second-order valence-corrected chi connectivity index (χ2v) is 17.9. The van der Waals surface area contributed by atoms with Gasteiger partial charge in [-0.25, -0.2) is 4.98 Å². The molecule has 9 rings (SSSR count). The number of aryl methyl sites for hydroxylation is 7. The van der Waals surface area contributed by atoms with Gasteiger partial charge in [-0.2, -0.15) is 0 Å². The molecule has 0 fully saturated rings. The monoisotopic (exact) mass is 982 g/mol. The predicted octanol–water partition coefficient (Wildman–Crippen LogP) is 11.7. The van der Waals surface area contributed by atoms with Gasteiger partial charge < -0.3 is 19.0 Å². The van der Waals surface area contributed by atoms with Crippen molar-refractivity contribution in [1.29, 1.82) is 0 Å². The maximum Gasteiger partial charge on any atom is 0.411 e. The molecular weight excluding hydrogens is 928 g/mol. The molecule has 61 heavy (non-hydrogen) atoms. The molecule has 5 aromatic heterocycles. The van der Waals surface area contributed by atoms with Crippen LogP contribution in [0.15, 0.2) is 102 Å². The first-order valence-electron chi connectivity index (χ1n) is 20.8. The Bertz CT molecular complexity index is 2910. The average Bonchev–Trinajstić information content (AvgIpc) is 3.68. The van der Waals surface area contributed by atoms with Gasteiger partial charge in [0, 0.05) is 61.2 Å². The zero-order chi connectivity index (χ0) is 42.6. The number of fused-ring (bicyclic) bond motifs is 4. The maximum absolute atomic E-state index is 6.08. The van der Waals surface area contributed by atoms with Crippen LogP contribution < -0.4 is 15.1 Å². The Kier molecular flexibility index (Phi) is 12.1. The summed E-state index contributed by atoms with van der Waals surface area (Å²) in [6.07, 6.45) is 6.77. The van der Waals surface area contributed by atoms with Crippen molar-refractivity contribution >= 4 is 45.9 Å². The van der Waals surface area contributed by atoms with E-state index in [1.54, 1.807) is 0 Å². The normalized spacial score (nSPS) is 12.4. The smallest absolute Gasteiger partial charge is 0.411 e. The number of hydrogen-bond acceptors (Lipinski definition) is 7. The second kappa shape index (κ2) is 17.0. The molecule has 1 aliphatic heterocycles. The molecule has 0 amide bonds. The molecule has 1 radical (unpaired) electrons. The summed E-state index contributed by atoms with van der Waals surface area (Å²) in [6, 6.07) is 31.3. The Hall–Kier alpha value is -5.63. The number of nitrogens with zero attached hydrogens (tertiary/aromatic N) is 6. The molecular formula is C52H54BIrN6O-. The van der Waals surface area contributed by atoms with Crippen LogP contribution in [0.25, 0.3) is 55.8 Å². The van der Waals surface area contributed by atoms with Crippen molar-refractivity contribution in [2.24, 2.45) is 5.41 Å². The van der Waals surface area contributed by atoms with Gasteiger partial charge in [0.15, 0.2) is 0 Å². The fourth-order valence-corrected chi connectivity index (χ4v) is 8.76. The fourth-order valence-electron chi connectivity index (χ4n) is 8.76. The molecule has 0 spiro atoms. The van der Waals surface area contributed by atoms with Crippen LogP contribution in [0.2, 0.25) is 0 Å². The van der Waals surface area contributed by atoms with Crippen molar-refractivity contribution in [2.75, 3.05) is 23.7 Å². The summed E-state index contributed by atoms with van der Waals surface area (Å²) in [5, 5.41) is 2.08. The van der Waals surface area contributed by atoms with E-state index in [9.17, 15) is 0 Å². The number of rotatable bonds is 5. The minimum Gasteiger partial charge on any atom is -0.486 e. The van der Waals surface area contributed by atoms with Crippen molar-refractivity contribution in [3.63, 3.8) is 0 Å². The van der Waals surface area contributed by atoms with Crippen molar-refractivity contribution in [3.8, 4) is 33.8 Å². The predicted molar refractivity (Wildman–Crippen MR) is 251 cm³/mol. The molecule has 311 valence electrons. The van der Waals surface area contributed by atoms with Gasteiger partial charge in [-0.15, -0.1) is 18.2 Å². The third-order valence-electron chi connectivity index (χ3n) is 11.8. The standard InChI is InChI=1S/C30H33BN4.C22H21N2O.Ir/c1-18-11-20(3)30(21(4)12-18)31-34(7)28-10-9-24(14-29(28)35(31)8)25-15-27(33-17-23(25)6)26-13-19(2)22(5)16-32-26;1-14-8-9-17-16-6-5-7-18(20(16)25-21(17)24-14)19-12-15(10-11-23-19)13-22(2,3)4;/h9-17H,1-8H3;5-6,8-12H,13H2,1-4H3;/q;-1;. The molecule has 0 aliphatic carbocycles. The molecule has 0 bridgehead atoms. The minimum absolute atomic E-state index is 0. The number of benzene rings is 3. The van der Waals surface area contributed by atoms with Gasteiger partial charge in [0.25, 0.3) is 0 Å². The van der Waals surface area contributed by atoms with Gasteiger partial charge in [0.05, 0.1) is 17.0 Å². The molecule has 0 N–H and O–H groups in total. The van der Waals surface area contributed by atoms with E-state index in [4.69, 9.17) is 9.40 Å². The van der Waals surface area contributed by atoms with Crippen molar-refractivity contribution in [1.82, 2.24) is 19.9 Å². The van der Waals surface area contributed by atoms with Gasteiger partial charge in [-0.05, 0) is 156 Å². The van der Waals surface area contributed by atoms with Crippen LogP contribution in [-0.2, 0) is 26.5 Å². The number of aromatic nitrogens is 4. The Labute approximate surface area is 375 Å².